The van der Waals surface area contributed by atoms with Gasteiger partial charge in [-0.15, -0.1) is 10.2 Å². The summed E-state index contributed by atoms with van der Waals surface area (Å²) in [6.07, 6.45) is 0. The van der Waals surface area contributed by atoms with E-state index in [0.29, 0.717) is 5.56 Å². The first-order chi connectivity index (χ1) is 14.4. The van der Waals surface area contributed by atoms with Gasteiger partial charge in [-0.2, -0.15) is 4.80 Å². The Balaban J connectivity index is 1.79. The van der Waals surface area contributed by atoms with Crippen LogP contribution < -0.4 is 5.32 Å². The maximum absolute atomic E-state index is 13.3. The Morgan fingerprint density at radius 2 is 1.83 bits per heavy atom. The van der Waals surface area contributed by atoms with Crippen molar-refractivity contribution in [1.82, 2.24) is 20.2 Å². The predicted molar refractivity (Wildman–Crippen MR) is 101 cm³/mol. The normalized spacial score (nSPS) is 10.4. The lowest BCUT2D eigenvalue weighted by atomic mass is 10.1. The molecule has 30 heavy (non-hydrogen) atoms. The molecule has 0 radical (unpaired) electrons. The first-order valence-electron chi connectivity index (χ1n) is 8.55. The summed E-state index contributed by atoms with van der Waals surface area (Å²) in [6.45, 7) is -0.342. The molecule has 10 nitrogen and oxygen atoms in total. The van der Waals surface area contributed by atoms with Crippen LogP contribution in [0.5, 0.6) is 0 Å². The quantitative estimate of drug-likeness (QED) is 0.605. The molecular weight excluding hydrogens is 397 g/mol. The second-order valence-corrected chi connectivity index (χ2v) is 5.95. The van der Waals surface area contributed by atoms with Gasteiger partial charge in [-0.25, -0.2) is 14.0 Å². The largest absolute Gasteiger partial charge is 0.465 e. The second kappa shape index (κ2) is 8.90. The van der Waals surface area contributed by atoms with Gasteiger partial charge in [0.1, 0.15) is 12.4 Å². The maximum atomic E-state index is 13.3. The highest BCUT2D eigenvalue weighted by Crippen LogP contribution is 2.20. The number of carbonyl (C=O) groups is 3. The molecule has 0 spiro atoms. The lowest BCUT2D eigenvalue weighted by Crippen LogP contribution is -2.22. The van der Waals surface area contributed by atoms with E-state index in [9.17, 15) is 18.8 Å². The number of methoxy groups -OCH3 is 2. The smallest absolute Gasteiger partial charge is 0.339 e. The number of hydrogen-bond acceptors (Lipinski definition) is 8. The summed E-state index contributed by atoms with van der Waals surface area (Å²) < 4.78 is 22.7. The van der Waals surface area contributed by atoms with Gasteiger partial charge in [0, 0.05) is 5.56 Å². The van der Waals surface area contributed by atoms with Crippen LogP contribution in [0.3, 0.4) is 0 Å². The van der Waals surface area contributed by atoms with Gasteiger partial charge in [-0.05, 0) is 35.5 Å². The van der Waals surface area contributed by atoms with E-state index in [1.165, 1.54) is 50.6 Å². The number of amides is 1. The minimum absolute atomic E-state index is 0.0468. The van der Waals surface area contributed by atoms with Crippen LogP contribution in [0.2, 0.25) is 0 Å². The summed E-state index contributed by atoms with van der Waals surface area (Å²) in [6, 6.07) is 9.63. The highest BCUT2D eigenvalue weighted by atomic mass is 19.1. The van der Waals surface area contributed by atoms with E-state index in [0.717, 1.165) is 4.80 Å². The average Bonchev–Trinajstić information content (AvgIpc) is 3.20. The zero-order valence-electron chi connectivity index (χ0n) is 16.0. The molecule has 0 saturated heterocycles. The van der Waals surface area contributed by atoms with Crippen LogP contribution in [0, 0.1) is 5.82 Å². The predicted octanol–water partition coefficient (Wildman–Crippen LogP) is 1.69. The number of tetrazole rings is 1. The Hall–Kier alpha value is -4.15. The lowest BCUT2D eigenvalue weighted by Gasteiger charge is -2.11. The molecule has 1 amide bonds. The minimum Gasteiger partial charge on any atom is -0.465 e. The van der Waals surface area contributed by atoms with Crippen LogP contribution in [0.4, 0.5) is 10.1 Å². The molecule has 154 valence electrons. The monoisotopic (exact) mass is 413 g/mol. The van der Waals surface area contributed by atoms with Crippen molar-refractivity contribution < 1.29 is 28.2 Å². The third kappa shape index (κ3) is 4.63. The molecule has 3 rings (SSSR count). The van der Waals surface area contributed by atoms with Gasteiger partial charge in [0.15, 0.2) is 0 Å². The van der Waals surface area contributed by atoms with Crippen molar-refractivity contribution in [2.24, 2.45) is 0 Å². The van der Waals surface area contributed by atoms with Crippen molar-refractivity contribution >= 4 is 23.5 Å². The summed E-state index contributed by atoms with van der Waals surface area (Å²) in [7, 11) is 2.40. The van der Waals surface area contributed by atoms with Crippen molar-refractivity contribution in [3.8, 4) is 11.4 Å². The molecule has 1 N–H and O–H groups in total. The molecule has 0 atom stereocenters. The molecule has 0 fully saturated rings. The molecule has 2 aromatic carbocycles. The summed E-state index contributed by atoms with van der Waals surface area (Å²) in [5, 5.41) is 14.1. The van der Waals surface area contributed by atoms with Gasteiger partial charge in [-0.1, -0.05) is 12.1 Å². The first kappa shape index (κ1) is 20.6. The first-order valence-corrected chi connectivity index (χ1v) is 8.55. The third-order valence-corrected chi connectivity index (χ3v) is 3.94. The number of hydrogen-bond donors (Lipinski definition) is 1. The number of esters is 2. The molecule has 11 heteroatoms. The molecule has 0 bridgehead atoms. The third-order valence-electron chi connectivity index (χ3n) is 3.94. The summed E-state index contributed by atoms with van der Waals surface area (Å²) >= 11 is 0. The standard InChI is InChI=1S/C19H16FN5O5/c1-29-18(27)12-6-7-14(19(28)30-2)15(9-12)21-16(26)10-25-23-17(22-24-25)11-4-3-5-13(20)8-11/h3-9H,10H2,1-2H3,(H,21,26). The van der Waals surface area contributed by atoms with E-state index in [4.69, 9.17) is 0 Å². The average molecular weight is 413 g/mol. The Morgan fingerprint density at radius 1 is 1.07 bits per heavy atom. The van der Waals surface area contributed by atoms with Crippen molar-refractivity contribution in [1.29, 1.82) is 0 Å². The summed E-state index contributed by atoms with van der Waals surface area (Å²) in [5.74, 6) is -2.24. The van der Waals surface area contributed by atoms with Gasteiger partial charge in [-0.3, -0.25) is 4.79 Å². The topological polar surface area (TPSA) is 125 Å². The van der Waals surface area contributed by atoms with Crippen LogP contribution in [0.15, 0.2) is 42.5 Å². The fraction of sp³-hybridized carbons (Fsp3) is 0.158. The summed E-state index contributed by atoms with van der Waals surface area (Å²) in [5.41, 5.74) is 0.638. The van der Waals surface area contributed by atoms with Crippen LogP contribution in [0.25, 0.3) is 11.4 Å². The number of nitrogens with zero attached hydrogens (tertiary/aromatic N) is 4. The van der Waals surface area contributed by atoms with Crippen molar-refractivity contribution in [3.63, 3.8) is 0 Å². The zero-order chi connectivity index (χ0) is 21.7. The van der Waals surface area contributed by atoms with Gasteiger partial charge in [0.25, 0.3) is 0 Å². The number of halogens is 1. The fourth-order valence-electron chi connectivity index (χ4n) is 2.55. The lowest BCUT2D eigenvalue weighted by molar-refractivity contribution is -0.117. The molecule has 0 unspecified atom stereocenters. The molecule has 1 aromatic heterocycles. The maximum Gasteiger partial charge on any atom is 0.339 e. The minimum atomic E-state index is -0.700. The number of nitrogens with one attached hydrogen (secondary N) is 1. The molecular formula is C19H16FN5O5. The highest BCUT2D eigenvalue weighted by molar-refractivity contribution is 6.03. The van der Waals surface area contributed by atoms with E-state index >= 15 is 0 Å². The van der Waals surface area contributed by atoms with Crippen LogP contribution in [-0.2, 0) is 20.8 Å². The van der Waals surface area contributed by atoms with E-state index in [2.05, 4.69) is 30.2 Å². The van der Waals surface area contributed by atoms with Gasteiger partial charge in [0.2, 0.25) is 11.7 Å². The molecule has 0 aliphatic heterocycles. The van der Waals surface area contributed by atoms with Crippen LogP contribution in [-0.4, -0.2) is 52.3 Å². The Bertz CT molecular complexity index is 1110. The van der Waals surface area contributed by atoms with Crippen LogP contribution >= 0.6 is 0 Å². The zero-order valence-corrected chi connectivity index (χ0v) is 16.0. The van der Waals surface area contributed by atoms with Crippen molar-refractivity contribution in [2.45, 2.75) is 6.54 Å². The van der Waals surface area contributed by atoms with Crippen molar-refractivity contribution in [2.75, 3.05) is 19.5 Å². The number of carbonyl (C=O) groups excluding carboxylic acids is 3. The number of aromatic nitrogens is 4. The Labute approximate surface area is 169 Å². The van der Waals surface area contributed by atoms with E-state index < -0.39 is 23.7 Å². The van der Waals surface area contributed by atoms with Gasteiger partial charge in [0.05, 0.1) is 31.0 Å². The van der Waals surface area contributed by atoms with Gasteiger partial charge >= 0.3 is 11.9 Å². The highest BCUT2D eigenvalue weighted by Gasteiger charge is 2.18. The number of anilines is 1. The van der Waals surface area contributed by atoms with E-state index in [1.807, 2.05) is 0 Å². The number of ether oxygens (including phenoxy) is 2. The van der Waals surface area contributed by atoms with Gasteiger partial charge < -0.3 is 14.8 Å². The molecule has 0 saturated carbocycles. The molecule has 0 aliphatic rings. The fourth-order valence-corrected chi connectivity index (χ4v) is 2.55. The SMILES string of the molecule is COC(=O)c1ccc(C(=O)OC)c(NC(=O)Cn2nnc(-c3cccc(F)c3)n2)c1. The van der Waals surface area contributed by atoms with Crippen LogP contribution in [0.1, 0.15) is 20.7 Å². The van der Waals surface area contributed by atoms with Crippen molar-refractivity contribution in [3.05, 3.63) is 59.4 Å². The van der Waals surface area contributed by atoms with E-state index in [1.54, 1.807) is 6.07 Å². The molecule has 0 aliphatic carbocycles. The molecule has 3 aromatic rings. The number of rotatable bonds is 6. The number of benzene rings is 2. The Morgan fingerprint density at radius 3 is 2.53 bits per heavy atom. The molecule has 1 heterocycles. The Kier molecular flexibility index (Phi) is 6.11. The van der Waals surface area contributed by atoms with E-state index in [-0.39, 0.29) is 29.2 Å². The second-order valence-electron chi connectivity index (χ2n) is 5.95. The summed E-state index contributed by atoms with van der Waals surface area (Å²) in [4.78, 5) is 37.1.